The van der Waals surface area contributed by atoms with Crippen molar-refractivity contribution in [2.45, 2.75) is 12.7 Å². The van der Waals surface area contributed by atoms with Crippen LogP contribution in [0.5, 0.6) is 5.75 Å². The molecule has 0 saturated carbocycles. The summed E-state index contributed by atoms with van der Waals surface area (Å²) in [6.07, 6.45) is -2.37. The third kappa shape index (κ3) is 3.06. The molecule has 0 fully saturated rings. The summed E-state index contributed by atoms with van der Waals surface area (Å²) in [6, 6.07) is 0.808. The highest BCUT2D eigenvalue weighted by Gasteiger charge is 2.24. The van der Waals surface area contributed by atoms with Crippen LogP contribution in [0.4, 0.5) is 17.6 Å². The third-order valence-electron chi connectivity index (χ3n) is 1.78. The minimum atomic E-state index is -3.28. The van der Waals surface area contributed by atoms with Crippen LogP contribution in [0.25, 0.3) is 0 Å². The monoisotopic (exact) mass is 254 g/mol. The molecule has 0 heterocycles. The predicted octanol–water partition coefficient (Wildman–Crippen LogP) is 1.68. The predicted molar refractivity (Wildman–Crippen MR) is 45.6 cm³/mol. The molecule has 4 nitrogen and oxygen atoms in total. The molecule has 0 aliphatic carbocycles. The van der Waals surface area contributed by atoms with Crippen LogP contribution in [0.15, 0.2) is 12.1 Å². The van der Waals surface area contributed by atoms with E-state index in [4.69, 9.17) is 10.2 Å². The highest BCUT2D eigenvalue weighted by molar-refractivity contribution is 5.74. The van der Waals surface area contributed by atoms with E-state index in [2.05, 4.69) is 4.74 Å². The first-order valence-corrected chi connectivity index (χ1v) is 4.17. The first-order valence-electron chi connectivity index (χ1n) is 4.17. The molecule has 1 atom stereocenters. The fraction of sp³-hybridized carbons (Fsp3) is 0.222. The smallest absolute Gasteiger partial charge is 0.387 e. The number of rotatable bonds is 4. The van der Waals surface area contributed by atoms with E-state index in [-0.39, 0.29) is 0 Å². The Hall–Kier alpha value is -1.83. The van der Waals surface area contributed by atoms with Crippen LogP contribution in [0, 0.1) is 11.6 Å². The molecule has 1 unspecified atom stereocenters. The molecule has 1 aromatic rings. The quantitative estimate of drug-likeness (QED) is 0.802. The standard InChI is InChI=1S/C9H6F4O4/c10-5-2-3(17-9(12)13)1-4(6(5)11)7(14)8(15)16/h1-2,7,9,14H,(H,15,16). The number of aliphatic carboxylic acids is 1. The van der Waals surface area contributed by atoms with E-state index in [1.807, 2.05) is 0 Å². The zero-order valence-corrected chi connectivity index (χ0v) is 8.03. The van der Waals surface area contributed by atoms with Crippen LogP contribution < -0.4 is 4.74 Å². The molecule has 17 heavy (non-hydrogen) atoms. The number of hydrogen-bond acceptors (Lipinski definition) is 3. The summed E-state index contributed by atoms with van der Waals surface area (Å²) >= 11 is 0. The van der Waals surface area contributed by atoms with E-state index in [1.165, 1.54) is 0 Å². The molecule has 0 bridgehead atoms. The van der Waals surface area contributed by atoms with E-state index >= 15 is 0 Å². The van der Waals surface area contributed by atoms with Crippen molar-refractivity contribution in [3.05, 3.63) is 29.3 Å². The van der Waals surface area contributed by atoms with E-state index in [1.54, 1.807) is 0 Å². The molecule has 1 rings (SSSR count). The normalized spacial score (nSPS) is 12.6. The van der Waals surface area contributed by atoms with Gasteiger partial charge in [0.25, 0.3) is 0 Å². The minimum Gasteiger partial charge on any atom is -0.479 e. The SMILES string of the molecule is O=C(O)C(O)c1cc(OC(F)F)cc(F)c1F. The van der Waals surface area contributed by atoms with Gasteiger partial charge in [-0.25, -0.2) is 13.6 Å². The third-order valence-corrected chi connectivity index (χ3v) is 1.78. The van der Waals surface area contributed by atoms with Crippen molar-refractivity contribution in [1.29, 1.82) is 0 Å². The van der Waals surface area contributed by atoms with Gasteiger partial charge in [-0.1, -0.05) is 0 Å². The molecule has 94 valence electrons. The van der Waals surface area contributed by atoms with Gasteiger partial charge in [0.2, 0.25) is 0 Å². The van der Waals surface area contributed by atoms with Gasteiger partial charge < -0.3 is 14.9 Å². The molecule has 0 saturated heterocycles. The Morgan fingerprint density at radius 2 is 1.88 bits per heavy atom. The summed E-state index contributed by atoms with van der Waals surface area (Å²) in [7, 11) is 0. The van der Waals surface area contributed by atoms with Crippen molar-refractivity contribution >= 4 is 5.97 Å². The van der Waals surface area contributed by atoms with Gasteiger partial charge in [0.1, 0.15) is 5.75 Å². The number of hydrogen-bond donors (Lipinski definition) is 2. The number of carboxylic acids is 1. The van der Waals surface area contributed by atoms with Gasteiger partial charge in [-0.15, -0.1) is 0 Å². The van der Waals surface area contributed by atoms with Crippen LogP contribution in [-0.4, -0.2) is 22.8 Å². The van der Waals surface area contributed by atoms with Crippen LogP contribution in [-0.2, 0) is 4.79 Å². The lowest BCUT2D eigenvalue weighted by molar-refractivity contribution is -0.147. The van der Waals surface area contributed by atoms with Crippen molar-refractivity contribution in [2.24, 2.45) is 0 Å². The maximum Gasteiger partial charge on any atom is 0.387 e. The van der Waals surface area contributed by atoms with Crippen LogP contribution in [0.2, 0.25) is 0 Å². The van der Waals surface area contributed by atoms with Gasteiger partial charge >= 0.3 is 12.6 Å². The van der Waals surface area contributed by atoms with Crippen molar-refractivity contribution in [1.82, 2.24) is 0 Å². The van der Waals surface area contributed by atoms with Gasteiger partial charge in [-0.3, -0.25) is 0 Å². The Labute approximate surface area is 92.1 Å². The second-order valence-corrected chi connectivity index (χ2v) is 2.93. The number of aliphatic hydroxyl groups is 1. The van der Waals surface area contributed by atoms with Crippen molar-refractivity contribution in [2.75, 3.05) is 0 Å². The van der Waals surface area contributed by atoms with Gasteiger partial charge in [-0.2, -0.15) is 8.78 Å². The van der Waals surface area contributed by atoms with E-state index in [0.29, 0.717) is 12.1 Å². The fourth-order valence-corrected chi connectivity index (χ4v) is 1.09. The lowest BCUT2D eigenvalue weighted by Gasteiger charge is -2.11. The Balaban J connectivity index is 3.19. The summed E-state index contributed by atoms with van der Waals surface area (Å²) in [5.41, 5.74) is -0.992. The summed E-state index contributed by atoms with van der Waals surface area (Å²) in [5, 5.41) is 17.4. The first-order chi connectivity index (χ1) is 7.82. The van der Waals surface area contributed by atoms with Crippen LogP contribution in [0.1, 0.15) is 11.7 Å². The molecular weight excluding hydrogens is 248 g/mol. The van der Waals surface area contributed by atoms with Crippen molar-refractivity contribution in [3.8, 4) is 5.75 Å². The number of aliphatic hydroxyl groups excluding tert-OH is 1. The number of carbonyl (C=O) groups is 1. The maximum atomic E-state index is 13.1. The molecule has 2 N–H and O–H groups in total. The minimum absolute atomic E-state index is 0.319. The number of carboxylic acid groups (broad SMARTS) is 1. The largest absolute Gasteiger partial charge is 0.479 e. The zero-order chi connectivity index (χ0) is 13.2. The molecule has 0 aromatic heterocycles. The average molecular weight is 254 g/mol. The first kappa shape index (κ1) is 13.2. The molecule has 0 amide bonds. The summed E-state index contributed by atoms with van der Waals surface area (Å²) < 4.78 is 53.4. The van der Waals surface area contributed by atoms with Gasteiger partial charge in [0.05, 0.1) is 0 Å². The lowest BCUT2D eigenvalue weighted by atomic mass is 10.1. The van der Waals surface area contributed by atoms with E-state index in [0.717, 1.165) is 0 Å². The summed E-state index contributed by atoms with van der Waals surface area (Å²) in [4.78, 5) is 10.4. The van der Waals surface area contributed by atoms with Crippen molar-refractivity contribution in [3.63, 3.8) is 0 Å². The average Bonchev–Trinajstić information content (AvgIpc) is 2.21. The summed E-state index contributed by atoms with van der Waals surface area (Å²) in [5.74, 6) is -5.87. The molecule has 1 aromatic carbocycles. The van der Waals surface area contributed by atoms with Gasteiger partial charge in [0, 0.05) is 11.6 Å². The maximum absolute atomic E-state index is 13.1. The number of alkyl halides is 2. The van der Waals surface area contributed by atoms with E-state index in [9.17, 15) is 22.4 Å². The Bertz CT molecular complexity index is 435. The summed E-state index contributed by atoms with van der Waals surface area (Å²) in [6.45, 7) is -3.28. The highest BCUT2D eigenvalue weighted by atomic mass is 19.3. The second kappa shape index (κ2) is 5.00. The van der Waals surface area contributed by atoms with E-state index < -0.39 is 41.6 Å². The van der Waals surface area contributed by atoms with Crippen LogP contribution >= 0.6 is 0 Å². The molecule has 8 heteroatoms. The fourth-order valence-electron chi connectivity index (χ4n) is 1.09. The highest BCUT2D eigenvalue weighted by Crippen LogP contribution is 2.26. The van der Waals surface area contributed by atoms with Crippen molar-refractivity contribution < 1.29 is 37.3 Å². The molecule has 0 radical (unpaired) electrons. The zero-order valence-electron chi connectivity index (χ0n) is 8.03. The Morgan fingerprint density at radius 3 is 2.35 bits per heavy atom. The molecule has 0 spiro atoms. The number of benzene rings is 1. The Morgan fingerprint density at radius 1 is 1.29 bits per heavy atom. The van der Waals surface area contributed by atoms with Gasteiger partial charge in [0.15, 0.2) is 17.7 Å². The van der Waals surface area contributed by atoms with Gasteiger partial charge in [-0.05, 0) is 6.07 Å². The number of halogens is 4. The molecule has 0 aliphatic heterocycles. The number of ether oxygens (including phenoxy) is 1. The second-order valence-electron chi connectivity index (χ2n) is 2.93. The van der Waals surface area contributed by atoms with Crippen LogP contribution in [0.3, 0.4) is 0 Å². The molecular formula is C9H6F4O4. The topological polar surface area (TPSA) is 66.8 Å². The Kier molecular flexibility index (Phi) is 3.89. The molecule has 0 aliphatic rings. The lowest BCUT2D eigenvalue weighted by Crippen LogP contribution is -2.14.